The van der Waals surface area contributed by atoms with Crippen LogP contribution in [0.2, 0.25) is 0 Å². The minimum absolute atomic E-state index is 0.354. The molecule has 11 heavy (non-hydrogen) atoms. The molecule has 0 aromatic heterocycles. The van der Waals surface area contributed by atoms with E-state index in [0.717, 1.165) is 0 Å². The second-order valence-corrected chi connectivity index (χ2v) is 2.64. The van der Waals surface area contributed by atoms with Crippen LogP contribution in [0.5, 0.6) is 0 Å². The van der Waals surface area contributed by atoms with Gasteiger partial charge in [-0.25, -0.2) is 0 Å². The number of nitrogens with two attached hydrogens (primary N) is 1. The van der Waals surface area contributed by atoms with E-state index in [9.17, 15) is 13.2 Å². The Morgan fingerprint density at radius 3 is 2.09 bits per heavy atom. The van der Waals surface area contributed by atoms with Crippen molar-refractivity contribution in [1.82, 2.24) is 0 Å². The molecule has 0 saturated heterocycles. The minimum Gasteiger partial charge on any atom is -0.314 e. The molecule has 1 atom stereocenters. The molecule has 0 bridgehead atoms. The first-order chi connectivity index (χ1) is 4.77. The van der Waals surface area contributed by atoms with Gasteiger partial charge in [-0.1, -0.05) is 0 Å². The van der Waals surface area contributed by atoms with Crippen molar-refractivity contribution in [2.24, 2.45) is 5.73 Å². The summed E-state index contributed by atoms with van der Waals surface area (Å²) in [5, 5.41) is 8.25. The van der Waals surface area contributed by atoms with Crippen molar-refractivity contribution in [2.45, 2.75) is 31.5 Å². The fraction of sp³-hybridized carbons (Fsp3) is 0.833. The minimum atomic E-state index is -4.22. The molecule has 0 aliphatic carbocycles. The Kier molecular flexibility index (Phi) is 2.88. The second kappa shape index (κ2) is 3.09. The van der Waals surface area contributed by atoms with Crippen molar-refractivity contribution >= 4 is 0 Å². The van der Waals surface area contributed by atoms with Crippen LogP contribution in [0.1, 0.15) is 19.8 Å². The van der Waals surface area contributed by atoms with Gasteiger partial charge in [0.15, 0.2) is 0 Å². The summed E-state index contributed by atoms with van der Waals surface area (Å²) in [4.78, 5) is 0. The third kappa shape index (κ3) is 5.67. The Labute approximate surface area is 62.8 Å². The molecule has 0 aliphatic heterocycles. The highest BCUT2D eigenvalue weighted by atomic mass is 19.4. The van der Waals surface area contributed by atoms with E-state index in [1.807, 2.05) is 0 Å². The molecule has 2 nitrogen and oxygen atoms in total. The third-order valence-electron chi connectivity index (χ3n) is 1.18. The van der Waals surface area contributed by atoms with Crippen LogP contribution in [0.3, 0.4) is 0 Å². The summed E-state index contributed by atoms with van der Waals surface area (Å²) >= 11 is 0. The number of hydrogen-bond donors (Lipinski definition) is 1. The summed E-state index contributed by atoms with van der Waals surface area (Å²) < 4.78 is 34.7. The lowest BCUT2D eigenvalue weighted by Crippen LogP contribution is -2.35. The van der Waals surface area contributed by atoms with Crippen LogP contribution >= 0.6 is 0 Å². The molecule has 0 spiro atoms. The van der Waals surface area contributed by atoms with E-state index in [4.69, 9.17) is 11.0 Å². The van der Waals surface area contributed by atoms with Crippen molar-refractivity contribution in [2.75, 3.05) is 0 Å². The van der Waals surface area contributed by atoms with Crippen LogP contribution in [-0.4, -0.2) is 11.7 Å². The molecule has 0 aliphatic rings. The molecule has 0 amide bonds. The first kappa shape index (κ1) is 10.2. The topological polar surface area (TPSA) is 49.8 Å². The standard InChI is InChI=1S/C6H9F3N2/c1-5(11,4-10)2-3-6(7,8)9/h2-3,11H2,1H3. The van der Waals surface area contributed by atoms with Gasteiger partial charge in [-0.3, -0.25) is 0 Å². The SMILES string of the molecule is CC(N)(C#N)CCC(F)(F)F. The third-order valence-corrected chi connectivity index (χ3v) is 1.18. The summed E-state index contributed by atoms with van der Waals surface area (Å²) in [5.41, 5.74) is 3.80. The van der Waals surface area contributed by atoms with Crippen molar-refractivity contribution in [3.63, 3.8) is 0 Å². The van der Waals surface area contributed by atoms with E-state index >= 15 is 0 Å². The normalized spacial score (nSPS) is 17.1. The monoisotopic (exact) mass is 166 g/mol. The summed E-state index contributed by atoms with van der Waals surface area (Å²) in [6.45, 7) is 1.28. The summed E-state index contributed by atoms with van der Waals surface area (Å²) in [7, 11) is 0. The lowest BCUT2D eigenvalue weighted by atomic mass is 9.99. The number of alkyl halides is 3. The van der Waals surface area contributed by atoms with Gasteiger partial charge in [0, 0.05) is 6.42 Å². The zero-order chi connectivity index (χ0) is 9.12. The highest BCUT2D eigenvalue weighted by molar-refractivity contribution is 5.00. The molecule has 2 N–H and O–H groups in total. The first-order valence-corrected chi connectivity index (χ1v) is 3.04. The lowest BCUT2D eigenvalue weighted by molar-refractivity contribution is -0.137. The smallest absolute Gasteiger partial charge is 0.314 e. The molecule has 0 fully saturated rings. The van der Waals surface area contributed by atoms with E-state index in [2.05, 4.69) is 0 Å². The highest BCUT2D eigenvalue weighted by Gasteiger charge is 2.31. The largest absolute Gasteiger partial charge is 0.389 e. The molecular weight excluding hydrogens is 157 g/mol. The molecule has 0 aromatic rings. The van der Waals surface area contributed by atoms with E-state index < -0.39 is 18.1 Å². The van der Waals surface area contributed by atoms with Crippen LogP contribution in [0.15, 0.2) is 0 Å². The zero-order valence-electron chi connectivity index (χ0n) is 6.07. The molecule has 0 rings (SSSR count). The molecule has 0 saturated carbocycles. The van der Waals surface area contributed by atoms with E-state index in [-0.39, 0.29) is 6.42 Å². The molecule has 5 heteroatoms. The molecule has 0 aromatic carbocycles. The summed E-state index contributed by atoms with van der Waals surface area (Å²) in [6, 6.07) is 1.59. The second-order valence-electron chi connectivity index (χ2n) is 2.64. The maximum absolute atomic E-state index is 11.6. The van der Waals surface area contributed by atoms with Gasteiger partial charge >= 0.3 is 6.18 Å². The van der Waals surface area contributed by atoms with Gasteiger partial charge in [0.2, 0.25) is 0 Å². The fourth-order valence-corrected chi connectivity index (χ4v) is 0.457. The highest BCUT2D eigenvalue weighted by Crippen LogP contribution is 2.24. The average Bonchev–Trinajstić information content (AvgIpc) is 1.83. The Hall–Kier alpha value is -0.760. The predicted molar refractivity (Wildman–Crippen MR) is 33.5 cm³/mol. The Morgan fingerprint density at radius 2 is 1.82 bits per heavy atom. The Balaban J connectivity index is 3.83. The fourth-order valence-electron chi connectivity index (χ4n) is 0.457. The van der Waals surface area contributed by atoms with E-state index in [1.54, 1.807) is 6.07 Å². The van der Waals surface area contributed by atoms with Crippen LogP contribution in [-0.2, 0) is 0 Å². The van der Waals surface area contributed by atoms with Crippen molar-refractivity contribution in [3.8, 4) is 6.07 Å². The molecule has 0 radical (unpaired) electrons. The maximum Gasteiger partial charge on any atom is 0.389 e. The van der Waals surface area contributed by atoms with Crippen molar-refractivity contribution in [1.29, 1.82) is 5.26 Å². The van der Waals surface area contributed by atoms with Gasteiger partial charge < -0.3 is 5.73 Å². The number of nitriles is 1. The van der Waals surface area contributed by atoms with Gasteiger partial charge in [-0.2, -0.15) is 18.4 Å². The number of hydrogen-bond acceptors (Lipinski definition) is 2. The van der Waals surface area contributed by atoms with Crippen LogP contribution < -0.4 is 5.73 Å². The number of nitrogens with zero attached hydrogens (tertiary/aromatic N) is 1. The average molecular weight is 166 g/mol. The zero-order valence-corrected chi connectivity index (χ0v) is 6.07. The quantitative estimate of drug-likeness (QED) is 0.676. The summed E-state index contributed by atoms with van der Waals surface area (Å²) in [6.07, 6.45) is -5.59. The van der Waals surface area contributed by atoms with Gasteiger partial charge in [-0.15, -0.1) is 0 Å². The predicted octanol–water partition coefficient (Wildman–Crippen LogP) is 1.57. The molecule has 1 unspecified atom stereocenters. The first-order valence-electron chi connectivity index (χ1n) is 3.04. The number of halogens is 3. The van der Waals surface area contributed by atoms with Crippen LogP contribution in [0.25, 0.3) is 0 Å². The van der Waals surface area contributed by atoms with Gasteiger partial charge in [-0.05, 0) is 13.3 Å². The molecule has 0 heterocycles. The summed E-state index contributed by atoms with van der Waals surface area (Å²) in [5.74, 6) is 0. The van der Waals surface area contributed by atoms with Crippen molar-refractivity contribution < 1.29 is 13.2 Å². The Morgan fingerprint density at radius 1 is 1.36 bits per heavy atom. The van der Waals surface area contributed by atoms with Gasteiger partial charge in [0.25, 0.3) is 0 Å². The lowest BCUT2D eigenvalue weighted by Gasteiger charge is -2.15. The molecular formula is C6H9F3N2. The van der Waals surface area contributed by atoms with Crippen molar-refractivity contribution in [3.05, 3.63) is 0 Å². The molecule has 64 valence electrons. The Bertz CT molecular complexity index is 166. The van der Waals surface area contributed by atoms with Crippen LogP contribution in [0, 0.1) is 11.3 Å². The number of rotatable bonds is 2. The van der Waals surface area contributed by atoms with E-state index in [1.165, 1.54) is 6.92 Å². The van der Waals surface area contributed by atoms with Crippen LogP contribution in [0.4, 0.5) is 13.2 Å². The maximum atomic E-state index is 11.6. The van der Waals surface area contributed by atoms with Gasteiger partial charge in [0.1, 0.15) is 5.54 Å². The van der Waals surface area contributed by atoms with Gasteiger partial charge in [0.05, 0.1) is 6.07 Å². The van der Waals surface area contributed by atoms with E-state index in [0.29, 0.717) is 0 Å².